The Labute approximate surface area is 116 Å². The second kappa shape index (κ2) is 6.56. The first kappa shape index (κ1) is 13.9. The van der Waals surface area contributed by atoms with E-state index in [1.807, 2.05) is 37.3 Å². The predicted octanol–water partition coefficient (Wildman–Crippen LogP) is 2.36. The standard InChI is InChI=1S/C15H16N2O3/c1-11(13-7-8-14(18)16-9-13)17-15(19)20-10-12-5-3-2-4-6-12/h2-9,11H,10H2,1H3,(H,16,18)(H,17,19). The maximum absolute atomic E-state index is 11.7. The lowest BCUT2D eigenvalue weighted by Gasteiger charge is -2.14. The van der Waals surface area contributed by atoms with Crippen molar-refractivity contribution >= 4 is 6.09 Å². The van der Waals surface area contributed by atoms with Crippen molar-refractivity contribution < 1.29 is 9.53 Å². The Morgan fingerprint density at radius 1 is 1.25 bits per heavy atom. The fourth-order valence-electron chi connectivity index (χ4n) is 1.72. The average molecular weight is 272 g/mol. The van der Waals surface area contributed by atoms with Gasteiger partial charge in [0.25, 0.3) is 0 Å². The lowest BCUT2D eigenvalue weighted by atomic mass is 10.1. The number of carbonyl (C=O) groups excluding carboxylic acids is 1. The maximum Gasteiger partial charge on any atom is 0.407 e. The van der Waals surface area contributed by atoms with Gasteiger partial charge in [-0.25, -0.2) is 4.79 Å². The van der Waals surface area contributed by atoms with Gasteiger partial charge in [0, 0.05) is 12.3 Å². The Morgan fingerprint density at radius 2 is 2.00 bits per heavy atom. The molecule has 1 heterocycles. The number of hydrogen-bond acceptors (Lipinski definition) is 3. The van der Waals surface area contributed by atoms with Crippen LogP contribution in [0.2, 0.25) is 0 Å². The molecule has 0 spiro atoms. The molecule has 2 N–H and O–H groups in total. The zero-order valence-electron chi connectivity index (χ0n) is 11.1. The number of carbonyl (C=O) groups is 1. The van der Waals surface area contributed by atoms with Crippen LogP contribution in [-0.4, -0.2) is 11.1 Å². The average Bonchev–Trinajstić information content (AvgIpc) is 2.47. The maximum atomic E-state index is 11.7. The molecule has 2 aromatic rings. The van der Waals surface area contributed by atoms with Gasteiger partial charge in [-0.15, -0.1) is 0 Å². The van der Waals surface area contributed by atoms with Crippen LogP contribution in [0.5, 0.6) is 0 Å². The highest BCUT2D eigenvalue weighted by atomic mass is 16.5. The topological polar surface area (TPSA) is 71.2 Å². The van der Waals surface area contributed by atoms with E-state index >= 15 is 0 Å². The number of aromatic amines is 1. The first-order chi connectivity index (χ1) is 9.65. The van der Waals surface area contributed by atoms with Gasteiger partial charge < -0.3 is 15.0 Å². The first-order valence-corrected chi connectivity index (χ1v) is 6.31. The third kappa shape index (κ3) is 3.98. The Kier molecular flexibility index (Phi) is 4.55. The van der Waals surface area contributed by atoms with Gasteiger partial charge in [-0.3, -0.25) is 4.79 Å². The minimum Gasteiger partial charge on any atom is -0.445 e. The molecule has 1 aromatic heterocycles. The van der Waals surface area contributed by atoms with E-state index in [1.54, 1.807) is 12.3 Å². The summed E-state index contributed by atoms with van der Waals surface area (Å²) in [6.45, 7) is 2.04. The fourth-order valence-corrected chi connectivity index (χ4v) is 1.72. The number of ether oxygens (including phenoxy) is 1. The molecule has 0 saturated heterocycles. The minimum absolute atomic E-state index is 0.174. The smallest absolute Gasteiger partial charge is 0.407 e. The Balaban J connectivity index is 1.85. The van der Waals surface area contributed by atoms with Gasteiger partial charge in [-0.1, -0.05) is 36.4 Å². The van der Waals surface area contributed by atoms with Gasteiger partial charge in [-0.05, 0) is 18.1 Å². The molecule has 1 unspecified atom stereocenters. The van der Waals surface area contributed by atoms with E-state index in [2.05, 4.69) is 10.3 Å². The molecule has 0 aliphatic rings. The van der Waals surface area contributed by atoms with Crippen LogP contribution in [0.25, 0.3) is 0 Å². The van der Waals surface area contributed by atoms with E-state index in [9.17, 15) is 9.59 Å². The Hall–Kier alpha value is -2.56. The highest BCUT2D eigenvalue weighted by molar-refractivity contribution is 5.67. The van der Waals surface area contributed by atoms with Crippen molar-refractivity contribution in [3.05, 3.63) is 70.1 Å². The van der Waals surface area contributed by atoms with Crippen LogP contribution in [-0.2, 0) is 11.3 Å². The third-order valence-electron chi connectivity index (χ3n) is 2.86. The summed E-state index contributed by atoms with van der Waals surface area (Å²) in [5.41, 5.74) is 1.56. The van der Waals surface area contributed by atoms with Gasteiger partial charge in [0.05, 0.1) is 6.04 Å². The van der Waals surface area contributed by atoms with Crippen LogP contribution in [0, 0.1) is 0 Å². The van der Waals surface area contributed by atoms with Crippen molar-refractivity contribution in [1.82, 2.24) is 10.3 Å². The summed E-state index contributed by atoms with van der Waals surface area (Å²) < 4.78 is 5.12. The molecule has 0 aliphatic heterocycles. The number of pyridine rings is 1. The molecular formula is C15H16N2O3. The van der Waals surface area contributed by atoms with Gasteiger partial charge in [0.1, 0.15) is 6.61 Å². The quantitative estimate of drug-likeness (QED) is 0.897. The molecule has 5 heteroatoms. The second-order valence-electron chi connectivity index (χ2n) is 4.41. The molecule has 1 atom stereocenters. The van der Waals surface area contributed by atoms with Crippen molar-refractivity contribution in [2.45, 2.75) is 19.6 Å². The molecule has 0 saturated carbocycles. The molecule has 104 valence electrons. The lowest BCUT2D eigenvalue weighted by molar-refractivity contribution is 0.136. The van der Waals surface area contributed by atoms with E-state index in [-0.39, 0.29) is 18.2 Å². The van der Waals surface area contributed by atoms with Crippen molar-refractivity contribution in [1.29, 1.82) is 0 Å². The predicted molar refractivity (Wildman–Crippen MR) is 75.2 cm³/mol. The number of aromatic nitrogens is 1. The summed E-state index contributed by atoms with van der Waals surface area (Å²) in [6, 6.07) is 12.3. The summed E-state index contributed by atoms with van der Waals surface area (Å²) >= 11 is 0. The largest absolute Gasteiger partial charge is 0.445 e. The van der Waals surface area contributed by atoms with Crippen LogP contribution in [0.15, 0.2) is 53.5 Å². The van der Waals surface area contributed by atoms with Crippen LogP contribution >= 0.6 is 0 Å². The monoisotopic (exact) mass is 272 g/mol. The molecule has 1 amide bonds. The summed E-state index contributed by atoms with van der Waals surface area (Å²) in [4.78, 5) is 25.2. The normalized spacial score (nSPS) is 11.7. The van der Waals surface area contributed by atoms with Crippen molar-refractivity contribution in [2.75, 3.05) is 0 Å². The van der Waals surface area contributed by atoms with Gasteiger partial charge >= 0.3 is 6.09 Å². The SMILES string of the molecule is CC(NC(=O)OCc1ccccc1)c1ccc(=O)[nH]c1. The van der Waals surface area contributed by atoms with E-state index in [0.29, 0.717) is 0 Å². The minimum atomic E-state index is -0.493. The molecule has 0 fully saturated rings. The number of alkyl carbamates (subject to hydrolysis) is 1. The number of hydrogen-bond donors (Lipinski definition) is 2. The zero-order valence-corrected chi connectivity index (χ0v) is 11.1. The number of nitrogens with one attached hydrogen (secondary N) is 2. The van der Waals surface area contributed by atoms with E-state index in [4.69, 9.17) is 4.74 Å². The van der Waals surface area contributed by atoms with Crippen LogP contribution < -0.4 is 10.9 Å². The van der Waals surface area contributed by atoms with Gasteiger partial charge in [0.15, 0.2) is 0 Å². The summed E-state index contributed by atoms with van der Waals surface area (Å²) in [5.74, 6) is 0. The molecule has 0 radical (unpaired) electrons. The molecule has 1 aromatic carbocycles. The van der Waals surface area contributed by atoms with E-state index in [0.717, 1.165) is 11.1 Å². The highest BCUT2D eigenvalue weighted by Gasteiger charge is 2.10. The number of amides is 1. The first-order valence-electron chi connectivity index (χ1n) is 6.31. The number of H-pyrrole nitrogens is 1. The van der Waals surface area contributed by atoms with Crippen LogP contribution in [0.4, 0.5) is 4.79 Å². The molecular weight excluding hydrogens is 256 g/mol. The van der Waals surface area contributed by atoms with Crippen LogP contribution in [0.3, 0.4) is 0 Å². The van der Waals surface area contributed by atoms with E-state index < -0.39 is 6.09 Å². The molecule has 20 heavy (non-hydrogen) atoms. The summed E-state index contributed by atoms with van der Waals surface area (Å²) in [7, 11) is 0. The number of benzene rings is 1. The van der Waals surface area contributed by atoms with Crippen molar-refractivity contribution in [2.24, 2.45) is 0 Å². The van der Waals surface area contributed by atoms with E-state index in [1.165, 1.54) is 6.07 Å². The zero-order chi connectivity index (χ0) is 14.4. The summed E-state index contributed by atoms with van der Waals surface area (Å²) in [5, 5.41) is 2.70. The lowest BCUT2D eigenvalue weighted by Crippen LogP contribution is -2.27. The van der Waals surface area contributed by atoms with Crippen LogP contribution in [0.1, 0.15) is 24.1 Å². The Bertz CT molecular complexity index is 602. The molecule has 0 aliphatic carbocycles. The second-order valence-corrected chi connectivity index (χ2v) is 4.41. The molecule has 5 nitrogen and oxygen atoms in total. The van der Waals surface area contributed by atoms with Gasteiger partial charge in [-0.2, -0.15) is 0 Å². The molecule has 0 bridgehead atoms. The van der Waals surface area contributed by atoms with Crippen molar-refractivity contribution in [3.63, 3.8) is 0 Å². The fraction of sp³-hybridized carbons (Fsp3) is 0.200. The third-order valence-corrected chi connectivity index (χ3v) is 2.86. The van der Waals surface area contributed by atoms with Crippen molar-refractivity contribution in [3.8, 4) is 0 Å². The molecule has 2 rings (SSSR count). The summed E-state index contributed by atoms with van der Waals surface area (Å²) in [6.07, 6.45) is 1.08. The Morgan fingerprint density at radius 3 is 2.65 bits per heavy atom. The van der Waals surface area contributed by atoms with Gasteiger partial charge in [0.2, 0.25) is 5.56 Å². The highest BCUT2D eigenvalue weighted by Crippen LogP contribution is 2.09. The number of rotatable bonds is 4.